The molecule has 64 heavy (non-hydrogen) atoms. The van der Waals surface area contributed by atoms with Crippen LogP contribution in [0.5, 0.6) is 0 Å². The quantitative estimate of drug-likeness (QED) is 0.0559. The summed E-state index contributed by atoms with van der Waals surface area (Å²) in [5.74, 6) is 0.000852. The topological polar surface area (TPSA) is 315 Å². The van der Waals surface area contributed by atoms with Crippen molar-refractivity contribution in [2.24, 2.45) is 23.3 Å². The van der Waals surface area contributed by atoms with E-state index in [-0.39, 0.29) is 74.7 Å². The number of nitrogens with two attached hydrogens (primary N) is 2. The van der Waals surface area contributed by atoms with Crippen molar-refractivity contribution in [2.45, 2.75) is 123 Å². The number of carbonyl (C=O) groups is 6. The Labute approximate surface area is 378 Å². The van der Waals surface area contributed by atoms with Gasteiger partial charge in [-0.3, -0.25) is 0 Å². The Morgan fingerprint density at radius 2 is 0.969 bits per heavy atom. The van der Waals surface area contributed by atoms with Gasteiger partial charge in [-0.15, -0.1) is 0 Å². The number of nitrogens with one attached hydrogen (secondary N) is 13. The molecule has 2 rings (SSSR count). The first-order chi connectivity index (χ1) is 30.5. The molecule has 0 fully saturated rings. The zero-order valence-corrected chi connectivity index (χ0v) is 39.0. The van der Waals surface area contributed by atoms with E-state index in [0.717, 1.165) is 42.1 Å². The van der Waals surface area contributed by atoms with E-state index in [1.54, 1.807) is 0 Å². The molecule has 0 aliphatic rings. The Morgan fingerprint density at radius 3 is 1.45 bits per heavy atom. The van der Waals surface area contributed by atoms with Crippen molar-refractivity contribution < 1.29 is 28.8 Å². The Balaban J connectivity index is 2.07. The molecule has 1 heterocycles. The summed E-state index contributed by atoms with van der Waals surface area (Å²) < 4.78 is 0. The van der Waals surface area contributed by atoms with Crippen LogP contribution in [-0.2, 0) is 6.42 Å². The van der Waals surface area contributed by atoms with Gasteiger partial charge in [0.05, 0.1) is 18.1 Å². The van der Waals surface area contributed by atoms with Gasteiger partial charge in [0.1, 0.15) is 0 Å². The van der Waals surface area contributed by atoms with Crippen LogP contribution in [0, 0.1) is 11.8 Å². The fourth-order valence-electron chi connectivity index (χ4n) is 6.71. The second-order valence-corrected chi connectivity index (χ2v) is 17.1. The number of hydrogen-bond donors (Lipinski definition) is 15. The van der Waals surface area contributed by atoms with Gasteiger partial charge in [0, 0.05) is 75.0 Å². The van der Waals surface area contributed by atoms with Crippen LogP contribution in [0.25, 0.3) is 10.9 Å². The first-order valence-electron chi connectivity index (χ1n) is 22.7. The van der Waals surface area contributed by atoms with Gasteiger partial charge in [-0.2, -0.15) is 0 Å². The van der Waals surface area contributed by atoms with E-state index in [9.17, 15) is 28.8 Å². The Kier molecular flexibility index (Phi) is 25.9. The zero-order valence-electron chi connectivity index (χ0n) is 39.0. The maximum absolute atomic E-state index is 13.5. The van der Waals surface area contributed by atoms with Gasteiger partial charge in [0.25, 0.3) is 0 Å². The molecular weight excluding hydrogens is 823 g/mol. The highest BCUT2D eigenvalue weighted by Gasteiger charge is 2.23. The fraction of sp³-hybridized carbons (Fsp3) is 0.674. The lowest BCUT2D eigenvalue weighted by Gasteiger charge is -2.26. The molecule has 0 unspecified atom stereocenters. The number of para-hydroxylation sites is 1. The monoisotopic (exact) mass is 902 g/mol. The second-order valence-electron chi connectivity index (χ2n) is 17.1. The van der Waals surface area contributed by atoms with Crippen LogP contribution in [0.15, 0.2) is 30.5 Å². The highest BCUT2D eigenvalue weighted by molar-refractivity contribution is 5.83. The number of unbranched alkanes of at least 4 members (excludes halogenated alkanes) is 2. The van der Waals surface area contributed by atoms with Gasteiger partial charge in [-0.05, 0) is 82.5 Å². The molecule has 1 aromatic carbocycles. The number of rotatable bonds is 28. The number of aromatic amines is 1. The maximum Gasteiger partial charge on any atom is 0.315 e. The minimum absolute atomic E-state index is 0.0370. The van der Waals surface area contributed by atoms with Crippen LogP contribution in [-0.4, -0.2) is 130 Å². The average molecular weight is 902 g/mol. The summed E-state index contributed by atoms with van der Waals surface area (Å²) in [6.45, 7) is 13.3. The number of fused-ring (bicyclic) bond motifs is 1. The van der Waals surface area contributed by atoms with Crippen LogP contribution in [0.1, 0.15) is 85.6 Å². The maximum atomic E-state index is 13.5. The second kappa shape index (κ2) is 30.4. The van der Waals surface area contributed by atoms with Crippen molar-refractivity contribution in [3.8, 4) is 0 Å². The van der Waals surface area contributed by atoms with Crippen LogP contribution in [0.4, 0.5) is 28.8 Å². The Morgan fingerprint density at radius 1 is 0.531 bits per heavy atom. The standard InChI is InChI=1S/C43H79N15O6/c1-27(2)36(25-51-40(61)54-31(14-10-12-18-44)22-48-38(59)46-7)57-42(63)50-24-33(20-30-21-47-35-17-9-8-16-34(30)35)56-39(60)49-23-32(15-11-13-19-45)55-41(62)52-26-37(28(3)4)58-43(64)53-29(5)6/h8-9,16-17,21,27-29,31-33,36-37,47H,10-15,18-20,22-26,44-45H2,1-7H3,(H2,46,48,59)(H2,49,56,60)(H2,50,57,63)(H2,51,54,61)(H2,52,55,62)(H2,53,58,64)/t31-,32-,33-,36+,37+/m0/s1. The number of amides is 12. The van der Waals surface area contributed by atoms with E-state index in [4.69, 9.17) is 11.5 Å². The molecule has 0 saturated heterocycles. The van der Waals surface area contributed by atoms with Gasteiger partial charge in [0.2, 0.25) is 0 Å². The summed E-state index contributed by atoms with van der Waals surface area (Å²) in [5, 5.41) is 35.2. The third-order valence-electron chi connectivity index (χ3n) is 10.5. The van der Waals surface area contributed by atoms with E-state index in [1.165, 1.54) is 7.05 Å². The molecule has 0 saturated carbocycles. The third-order valence-corrected chi connectivity index (χ3v) is 10.5. The molecule has 12 amide bonds. The predicted octanol–water partition coefficient (Wildman–Crippen LogP) is 1.96. The van der Waals surface area contributed by atoms with Gasteiger partial charge < -0.3 is 80.3 Å². The molecule has 21 heteroatoms. The highest BCUT2D eigenvalue weighted by atomic mass is 16.2. The smallest absolute Gasteiger partial charge is 0.315 e. The molecule has 5 atom stereocenters. The fourth-order valence-corrected chi connectivity index (χ4v) is 6.71. The van der Waals surface area contributed by atoms with Crippen molar-refractivity contribution in [3.05, 3.63) is 36.0 Å². The third kappa shape index (κ3) is 22.6. The van der Waals surface area contributed by atoms with Crippen LogP contribution in [0.3, 0.4) is 0 Å². The van der Waals surface area contributed by atoms with Gasteiger partial charge in [0.15, 0.2) is 0 Å². The first kappa shape index (κ1) is 54.4. The number of H-pyrrole nitrogens is 1. The molecule has 2 aromatic rings. The van der Waals surface area contributed by atoms with Gasteiger partial charge >= 0.3 is 36.2 Å². The van der Waals surface area contributed by atoms with E-state index >= 15 is 0 Å². The molecule has 0 aliphatic heterocycles. The van der Waals surface area contributed by atoms with E-state index < -0.39 is 42.2 Å². The van der Waals surface area contributed by atoms with Crippen molar-refractivity contribution >= 4 is 47.1 Å². The molecule has 0 spiro atoms. The SMILES string of the molecule is CNC(=O)NC[C@H](CCCCN)NC(=O)NC[C@@H](NC(=O)NC[C@H](Cc1c[nH]c2ccccc12)NC(=O)NC[C@H](CCCCN)NC(=O)NC[C@@H](NC(=O)NC(C)C)C(C)C)C(C)C. The average Bonchev–Trinajstić information content (AvgIpc) is 3.65. The van der Waals surface area contributed by atoms with Crippen LogP contribution >= 0.6 is 0 Å². The molecule has 362 valence electrons. The molecular formula is C43H79N15O6. The van der Waals surface area contributed by atoms with Crippen molar-refractivity contribution in [1.29, 1.82) is 0 Å². The summed E-state index contributed by atoms with van der Waals surface area (Å²) in [6, 6.07) is 3.22. The number of benzene rings is 1. The Bertz CT molecular complexity index is 1710. The summed E-state index contributed by atoms with van der Waals surface area (Å²) in [4.78, 5) is 80.2. The molecule has 1 aromatic heterocycles. The predicted molar refractivity (Wildman–Crippen MR) is 252 cm³/mol. The van der Waals surface area contributed by atoms with E-state index in [1.807, 2.05) is 72.0 Å². The van der Waals surface area contributed by atoms with Crippen LogP contribution < -0.4 is 75.3 Å². The highest BCUT2D eigenvalue weighted by Crippen LogP contribution is 2.19. The van der Waals surface area contributed by atoms with E-state index in [0.29, 0.717) is 32.4 Å². The lowest BCUT2D eigenvalue weighted by Crippen LogP contribution is -2.56. The number of urea groups is 6. The summed E-state index contributed by atoms with van der Waals surface area (Å²) >= 11 is 0. The summed E-state index contributed by atoms with van der Waals surface area (Å²) in [6.07, 6.45) is 6.47. The Hall–Kier alpha value is -5.70. The van der Waals surface area contributed by atoms with E-state index in [2.05, 4.69) is 68.8 Å². The summed E-state index contributed by atoms with van der Waals surface area (Å²) in [7, 11) is 1.51. The molecule has 0 bridgehead atoms. The molecule has 0 aliphatic carbocycles. The van der Waals surface area contributed by atoms with Crippen molar-refractivity contribution in [3.63, 3.8) is 0 Å². The molecule has 21 nitrogen and oxygen atoms in total. The van der Waals surface area contributed by atoms with Gasteiger partial charge in [-0.1, -0.05) is 58.7 Å². The van der Waals surface area contributed by atoms with Crippen molar-refractivity contribution in [2.75, 3.05) is 52.9 Å². The minimum atomic E-state index is -0.550. The zero-order chi connectivity index (χ0) is 47.4. The van der Waals surface area contributed by atoms with Crippen molar-refractivity contribution in [1.82, 2.24) is 68.8 Å². The lowest BCUT2D eigenvalue weighted by atomic mass is 10.0. The lowest BCUT2D eigenvalue weighted by molar-refractivity contribution is 0.221. The number of carbonyl (C=O) groups excluding carboxylic acids is 6. The molecule has 17 N–H and O–H groups in total. The van der Waals surface area contributed by atoms with Gasteiger partial charge in [-0.25, -0.2) is 28.8 Å². The number of hydrogen-bond acceptors (Lipinski definition) is 8. The normalized spacial score (nSPS) is 13.5. The number of aromatic nitrogens is 1. The summed E-state index contributed by atoms with van der Waals surface area (Å²) in [5.41, 5.74) is 13.3. The largest absolute Gasteiger partial charge is 0.361 e. The minimum Gasteiger partial charge on any atom is -0.361 e. The van der Waals surface area contributed by atoms with Crippen LogP contribution in [0.2, 0.25) is 0 Å². The molecule has 0 radical (unpaired) electrons. The first-order valence-corrected chi connectivity index (χ1v) is 22.7.